The molecule has 0 spiro atoms. The van der Waals surface area contributed by atoms with E-state index in [9.17, 15) is 4.79 Å². The minimum atomic E-state index is 0.270. The standard InChI is InChI=1S/C18H23NO2S/c1-2-13-21-15-16-8-11-19(12-9-16)18(20)10-14-22-17-6-4-3-5-7-17/h1,3-7,16H,8-15H2. The minimum absolute atomic E-state index is 0.270. The number of benzene rings is 1. The highest BCUT2D eigenvalue weighted by molar-refractivity contribution is 7.99. The summed E-state index contributed by atoms with van der Waals surface area (Å²) < 4.78 is 5.39. The first-order valence-electron chi connectivity index (χ1n) is 7.76. The SMILES string of the molecule is C#CCOCC1CCN(C(=O)CCSc2ccccc2)CC1. The van der Waals surface area contributed by atoms with E-state index in [1.807, 2.05) is 23.1 Å². The normalized spacial score (nSPS) is 15.5. The molecule has 2 rings (SSSR count). The van der Waals surface area contributed by atoms with Crippen LogP contribution in [0.1, 0.15) is 19.3 Å². The predicted molar refractivity (Wildman–Crippen MR) is 90.7 cm³/mol. The lowest BCUT2D eigenvalue weighted by Gasteiger charge is -2.31. The summed E-state index contributed by atoms with van der Waals surface area (Å²) >= 11 is 1.74. The van der Waals surface area contributed by atoms with Gasteiger partial charge in [-0.1, -0.05) is 24.1 Å². The molecule has 1 saturated heterocycles. The molecule has 0 aromatic heterocycles. The van der Waals surface area contributed by atoms with Crippen LogP contribution in [0, 0.1) is 18.3 Å². The van der Waals surface area contributed by atoms with Crippen LogP contribution in [0.2, 0.25) is 0 Å². The number of hydrogen-bond donors (Lipinski definition) is 0. The zero-order valence-corrected chi connectivity index (χ0v) is 13.7. The summed E-state index contributed by atoms with van der Waals surface area (Å²) in [6, 6.07) is 10.2. The van der Waals surface area contributed by atoms with Crippen LogP contribution < -0.4 is 0 Å². The molecule has 118 valence electrons. The molecule has 1 aromatic rings. The zero-order valence-electron chi connectivity index (χ0n) is 12.9. The molecule has 1 aliphatic heterocycles. The summed E-state index contributed by atoms with van der Waals surface area (Å²) in [6.07, 6.45) is 7.81. The maximum atomic E-state index is 12.2. The van der Waals surface area contributed by atoms with Crippen LogP contribution in [-0.4, -0.2) is 42.9 Å². The fraction of sp³-hybridized carbons (Fsp3) is 0.500. The van der Waals surface area contributed by atoms with Gasteiger partial charge in [-0.3, -0.25) is 4.79 Å². The lowest BCUT2D eigenvalue weighted by atomic mass is 9.97. The lowest BCUT2D eigenvalue weighted by molar-refractivity contribution is -0.132. The Kier molecular flexibility index (Phi) is 7.35. The number of piperidine rings is 1. The van der Waals surface area contributed by atoms with Crippen molar-refractivity contribution in [1.29, 1.82) is 0 Å². The van der Waals surface area contributed by atoms with Crippen molar-refractivity contribution in [2.75, 3.05) is 32.1 Å². The second-order valence-corrected chi connectivity index (χ2v) is 6.62. The van der Waals surface area contributed by atoms with Gasteiger partial charge in [-0.25, -0.2) is 0 Å². The minimum Gasteiger partial charge on any atom is -0.369 e. The van der Waals surface area contributed by atoms with Crippen molar-refractivity contribution in [3.63, 3.8) is 0 Å². The van der Waals surface area contributed by atoms with Crippen LogP contribution in [0.15, 0.2) is 35.2 Å². The van der Waals surface area contributed by atoms with Gasteiger partial charge in [0.1, 0.15) is 6.61 Å². The van der Waals surface area contributed by atoms with Crippen LogP contribution in [0.25, 0.3) is 0 Å². The number of terminal acetylenes is 1. The van der Waals surface area contributed by atoms with Crippen molar-refractivity contribution < 1.29 is 9.53 Å². The topological polar surface area (TPSA) is 29.5 Å². The van der Waals surface area contributed by atoms with Crippen molar-refractivity contribution in [3.8, 4) is 12.3 Å². The molecule has 0 saturated carbocycles. The molecular weight excluding hydrogens is 294 g/mol. The summed E-state index contributed by atoms with van der Waals surface area (Å²) in [6.45, 7) is 2.80. The van der Waals surface area contributed by atoms with Crippen LogP contribution >= 0.6 is 11.8 Å². The Morgan fingerprint density at radius 1 is 1.32 bits per heavy atom. The van der Waals surface area contributed by atoms with Gasteiger partial charge in [-0.05, 0) is 30.9 Å². The third-order valence-electron chi connectivity index (χ3n) is 3.83. The zero-order chi connectivity index (χ0) is 15.6. The lowest BCUT2D eigenvalue weighted by Crippen LogP contribution is -2.39. The van der Waals surface area contributed by atoms with E-state index in [0.29, 0.717) is 18.9 Å². The molecule has 4 heteroatoms. The molecule has 1 amide bonds. The average Bonchev–Trinajstić information content (AvgIpc) is 2.56. The van der Waals surface area contributed by atoms with Gasteiger partial charge in [0.15, 0.2) is 0 Å². The Hall–Kier alpha value is -1.44. The molecule has 1 aromatic carbocycles. The van der Waals surface area contributed by atoms with Crippen molar-refractivity contribution in [2.24, 2.45) is 5.92 Å². The Balaban J connectivity index is 1.62. The number of hydrogen-bond acceptors (Lipinski definition) is 3. The van der Waals surface area contributed by atoms with Crippen molar-refractivity contribution in [2.45, 2.75) is 24.2 Å². The number of nitrogens with zero attached hydrogens (tertiary/aromatic N) is 1. The maximum Gasteiger partial charge on any atom is 0.223 e. The van der Waals surface area contributed by atoms with E-state index in [1.165, 1.54) is 4.90 Å². The highest BCUT2D eigenvalue weighted by Crippen LogP contribution is 2.21. The quantitative estimate of drug-likeness (QED) is 0.440. The average molecular weight is 317 g/mol. The van der Waals surface area contributed by atoms with E-state index >= 15 is 0 Å². The van der Waals surface area contributed by atoms with Gasteiger partial charge >= 0.3 is 0 Å². The monoisotopic (exact) mass is 317 g/mol. The van der Waals surface area contributed by atoms with Gasteiger partial charge in [-0.15, -0.1) is 18.2 Å². The summed E-state index contributed by atoms with van der Waals surface area (Å²) in [5.74, 6) is 4.13. The molecule has 0 aliphatic carbocycles. The van der Waals surface area contributed by atoms with E-state index < -0.39 is 0 Å². The Morgan fingerprint density at radius 3 is 2.73 bits per heavy atom. The maximum absolute atomic E-state index is 12.2. The molecule has 0 radical (unpaired) electrons. The molecule has 0 atom stereocenters. The number of amides is 1. The van der Waals surface area contributed by atoms with Crippen molar-refractivity contribution in [1.82, 2.24) is 4.90 Å². The third kappa shape index (κ3) is 5.75. The number of rotatable bonds is 7. The largest absolute Gasteiger partial charge is 0.369 e. The van der Waals surface area contributed by atoms with E-state index in [-0.39, 0.29) is 5.91 Å². The number of carbonyl (C=O) groups is 1. The van der Waals surface area contributed by atoms with Crippen LogP contribution in [0.3, 0.4) is 0 Å². The fourth-order valence-corrected chi connectivity index (χ4v) is 3.43. The van der Waals surface area contributed by atoms with Crippen LogP contribution in [0.4, 0.5) is 0 Å². The third-order valence-corrected chi connectivity index (χ3v) is 4.85. The first kappa shape index (κ1) is 16.9. The van der Waals surface area contributed by atoms with E-state index in [1.54, 1.807) is 11.8 Å². The van der Waals surface area contributed by atoms with E-state index in [0.717, 1.165) is 38.3 Å². The van der Waals surface area contributed by atoms with E-state index in [4.69, 9.17) is 11.2 Å². The first-order chi connectivity index (χ1) is 10.8. The molecule has 22 heavy (non-hydrogen) atoms. The second-order valence-electron chi connectivity index (χ2n) is 5.45. The molecule has 0 unspecified atom stereocenters. The van der Waals surface area contributed by atoms with E-state index in [2.05, 4.69) is 18.1 Å². The molecule has 1 fully saturated rings. The van der Waals surface area contributed by atoms with Gasteiger partial charge in [0.05, 0.1) is 6.61 Å². The molecule has 1 aliphatic rings. The molecule has 0 N–H and O–H groups in total. The van der Waals surface area contributed by atoms with Gasteiger partial charge in [0, 0.05) is 30.2 Å². The molecule has 0 bridgehead atoms. The highest BCUT2D eigenvalue weighted by atomic mass is 32.2. The fourth-order valence-electron chi connectivity index (χ4n) is 2.56. The Bertz CT molecular complexity index is 490. The Labute approximate surface area is 137 Å². The van der Waals surface area contributed by atoms with Gasteiger partial charge in [-0.2, -0.15) is 0 Å². The molecular formula is C18H23NO2S. The smallest absolute Gasteiger partial charge is 0.223 e. The number of likely N-dealkylation sites (tertiary alicyclic amines) is 1. The van der Waals surface area contributed by atoms with Crippen molar-refractivity contribution in [3.05, 3.63) is 30.3 Å². The second kappa shape index (κ2) is 9.55. The predicted octanol–water partition coefficient (Wildman–Crippen LogP) is 3.06. The van der Waals surface area contributed by atoms with Crippen LogP contribution in [0.5, 0.6) is 0 Å². The van der Waals surface area contributed by atoms with Gasteiger partial charge in [0.2, 0.25) is 5.91 Å². The van der Waals surface area contributed by atoms with Gasteiger partial charge in [0.25, 0.3) is 0 Å². The number of thioether (sulfide) groups is 1. The Morgan fingerprint density at radius 2 is 2.05 bits per heavy atom. The summed E-state index contributed by atoms with van der Waals surface area (Å²) in [7, 11) is 0. The summed E-state index contributed by atoms with van der Waals surface area (Å²) in [5.41, 5.74) is 0. The summed E-state index contributed by atoms with van der Waals surface area (Å²) in [5, 5.41) is 0. The molecule has 3 nitrogen and oxygen atoms in total. The number of carbonyl (C=O) groups excluding carboxylic acids is 1. The highest BCUT2D eigenvalue weighted by Gasteiger charge is 2.22. The van der Waals surface area contributed by atoms with Crippen molar-refractivity contribution >= 4 is 17.7 Å². The van der Waals surface area contributed by atoms with Gasteiger partial charge < -0.3 is 9.64 Å². The molecule has 1 heterocycles. The van der Waals surface area contributed by atoms with Crippen LogP contribution in [-0.2, 0) is 9.53 Å². The number of ether oxygens (including phenoxy) is 1. The first-order valence-corrected chi connectivity index (χ1v) is 8.75. The summed E-state index contributed by atoms with van der Waals surface area (Å²) in [4.78, 5) is 15.4.